The smallest absolute Gasteiger partial charge is 0.238 e. The maximum Gasteiger partial charge on any atom is 0.238 e. The van der Waals surface area contributed by atoms with Crippen LogP contribution in [0.5, 0.6) is 0 Å². The lowest BCUT2D eigenvalue weighted by Gasteiger charge is -2.19. The second-order valence-corrected chi connectivity index (χ2v) is 4.62. The number of anilines is 2. The van der Waals surface area contributed by atoms with Gasteiger partial charge in [0.1, 0.15) is 0 Å². The maximum absolute atomic E-state index is 11.9. The Kier molecular flexibility index (Phi) is 6.32. The summed E-state index contributed by atoms with van der Waals surface area (Å²) < 4.78 is 0. The Morgan fingerprint density at radius 1 is 1.42 bits per heavy atom. The molecule has 0 aliphatic heterocycles. The van der Waals surface area contributed by atoms with E-state index in [1.807, 2.05) is 30.9 Å². The van der Waals surface area contributed by atoms with Gasteiger partial charge >= 0.3 is 0 Å². The van der Waals surface area contributed by atoms with Gasteiger partial charge in [-0.25, -0.2) is 0 Å². The van der Waals surface area contributed by atoms with Crippen molar-refractivity contribution in [2.24, 2.45) is 0 Å². The second kappa shape index (κ2) is 7.76. The molecule has 0 bridgehead atoms. The van der Waals surface area contributed by atoms with Gasteiger partial charge in [0, 0.05) is 17.9 Å². The summed E-state index contributed by atoms with van der Waals surface area (Å²) in [7, 11) is 0. The zero-order valence-electron chi connectivity index (χ0n) is 11.6. The molecule has 0 unspecified atom stereocenters. The normalized spacial score (nSPS) is 10.7. The minimum absolute atomic E-state index is 0.0603. The average Bonchev–Trinajstić information content (AvgIpc) is 2.34. The monoisotopic (exact) mass is 265 g/mol. The van der Waals surface area contributed by atoms with Gasteiger partial charge in [-0.15, -0.1) is 0 Å². The predicted molar refractivity (Wildman–Crippen MR) is 78.0 cm³/mol. The Morgan fingerprint density at radius 3 is 2.74 bits per heavy atom. The number of hydrogen-bond donors (Lipinski definition) is 3. The van der Waals surface area contributed by atoms with Crippen molar-refractivity contribution in [2.75, 3.05) is 37.3 Å². The fourth-order valence-electron chi connectivity index (χ4n) is 1.85. The Labute approximate surface area is 114 Å². The number of carbonyl (C=O) groups is 1. The van der Waals surface area contributed by atoms with Crippen molar-refractivity contribution in [1.82, 2.24) is 4.90 Å². The van der Waals surface area contributed by atoms with Crippen molar-refractivity contribution in [1.29, 1.82) is 0 Å². The van der Waals surface area contributed by atoms with Crippen LogP contribution in [0.25, 0.3) is 0 Å². The number of aliphatic hydroxyl groups excluding tert-OH is 1. The Morgan fingerprint density at radius 2 is 2.16 bits per heavy atom. The molecule has 0 aliphatic rings. The van der Waals surface area contributed by atoms with E-state index in [1.54, 1.807) is 6.07 Å². The van der Waals surface area contributed by atoms with E-state index in [-0.39, 0.29) is 19.1 Å². The standard InChI is InChI=1S/C14H23N3O2/c1-3-6-17(7-8-18)10-14(19)16-12-5-4-11(2)13(15)9-12/h4-5,9,18H,3,6-8,10,15H2,1-2H3,(H,16,19). The van der Waals surface area contributed by atoms with E-state index < -0.39 is 0 Å². The number of nitrogens with zero attached hydrogens (tertiary/aromatic N) is 1. The van der Waals surface area contributed by atoms with Crippen LogP contribution in [0.4, 0.5) is 11.4 Å². The molecule has 0 fully saturated rings. The number of nitrogens with two attached hydrogens (primary N) is 1. The molecule has 0 radical (unpaired) electrons. The molecule has 0 aromatic heterocycles. The highest BCUT2D eigenvalue weighted by atomic mass is 16.3. The fraction of sp³-hybridized carbons (Fsp3) is 0.500. The number of amides is 1. The minimum Gasteiger partial charge on any atom is -0.398 e. The van der Waals surface area contributed by atoms with Gasteiger partial charge in [0.2, 0.25) is 5.91 Å². The molecule has 0 heterocycles. The average molecular weight is 265 g/mol. The van der Waals surface area contributed by atoms with Crippen molar-refractivity contribution < 1.29 is 9.90 Å². The first-order chi connectivity index (χ1) is 9.06. The zero-order valence-corrected chi connectivity index (χ0v) is 11.6. The van der Waals surface area contributed by atoms with Crippen LogP contribution in [-0.4, -0.2) is 42.2 Å². The second-order valence-electron chi connectivity index (χ2n) is 4.62. The van der Waals surface area contributed by atoms with E-state index in [9.17, 15) is 4.79 Å². The van der Waals surface area contributed by atoms with Crippen LogP contribution >= 0.6 is 0 Å². The Balaban J connectivity index is 2.55. The van der Waals surface area contributed by atoms with E-state index in [4.69, 9.17) is 10.8 Å². The molecule has 1 aromatic rings. The van der Waals surface area contributed by atoms with Crippen LogP contribution in [0, 0.1) is 6.92 Å². The van der Waals surface area contributed by atoms with Crippen LogP contribution in [0.15, 0.2) is 18.2 Å². The molecule has 5 nitrogen and oxygen atoms in total. The summed E-state index contributed by atoms with van der Waals surface area (Å²) in [6.07, 6.45) is 0.949. The first-order valence-electron chi connectivity index (χ1n) is 6.56. The van der Waals surface area contributed by atoms with Crippen LogP contribution < -0.4 is 11.1 Å². The lowest BCUT2D eigenvalue weighted by molar-refractivity contribution is -0.117. The molecule has 4 N–H and O–H groups in total. The number of nitrogen functional groups attached to an aromatic ring is 1. The largest absolute Gasteiger partial charge is 0.398 e. The number of aliphatic hydroxyl groups is 1. The summed E-state index contributed by atoms with van der Waals surface area (Å²) >= 11 is 0. The van der Waals surface area contributed by atoms with Gasteiger partial charge in [0.25, 0.3) is 0 Å². The Hall–Kier alpha value is -1.59. The van der Waals surface area contributed by atoms with E-state index in [0.717, 1.165) is 18.5 Å². The molecule has 19 heavy (non-hydrogen) atoms. The number of nitrogens with one attached hydrogen (secondary N) is 1. The molecule has 0 aliphatic carbocycles. The first kappa shape index (κ1) is 15.5. The molecule has 1 rings (SSSR count). The van der Waals surface area contributed by atoms with Crippen LogP contribution in [0.3, 0.4) is 0 Å². The Bertz CT molecular complexity index is 415. The molecule has 1 amide bonds. The summed E-state index contributed by atoms with van der Waals surface area (Å²) in [6.45, 7) is 5.61. The lowest BCUT2D eigenvalue weighted by atomic mass is 10.2. The maximum atomic E-state index is 11.9. The van der Waals surface area contributed by atoms with Crippen molar-refractivity contribution >= 4 is 17.3 Å². The van der Waals surface area contributed by atoms with Gasteiger partial charge in [-0.1, -0.05) is 13.0 Å². The summed E-state index contributed by atoms with van der Waals surface area (Å²) in [4.78, 5) is 13.8. The molecule has 0 saturated heterocycles. The van der Waals surface area contributed by atoms with Gasteiger partial charge in [0.15, 0.2) is 0 Å². The molecule has 1 aromatic carbocycles. The topological polar surface area (TPSA) is 78.6 Å². The highest BCUT2D eigenvalue weighted by Gasteiger charge is 2.10. The number of hydrogen-bond acceptors (Lipinski definition) is 4. The number of aryl methyl sites for hydroxylation is 1. The number of rotatable bonds is 7. The summed E-state index contributed by atoms with van der Waals surface area (Å²) in [5.74, 6) is -0.0925. The predicted octanol–water partition coefficient (Wildman–Crippen LogP) is 1.22. The highest BCUT2D eigenvalue weighted by Crippen LogP contribution is 2.16. The van der Waals surface area contributed by atoms with E-state index >= 15 is 0 Å². The van der Waals surface area contributed by atoms with Crippen LogP contribution in [0.2, 0.25) is 0 Å². The summed E-state index contributed by atoms with van der Waals surface area (Å²) in [6, 6.07) is 5.46. The van der Waals surface area contributed by atoms with Gasteiger partial charge in [-0.2, -0.15) is 0 Å². The van der Waals surface area contributed by atoms with Gasteiger partial charge in [-0.05, 0) is 37.6 Å². The van der Waals surface area contributed by atoms with Crippen molar-refractivity contribution in [2.45, 2.75) is 20.3 Å². The van der Waals surface area contributed by atoms with E-state index in [2.05, 4.69) is 5.32 Å². The van der Waals surface area contributed by atoms with Crippen LogP contribution in [0.1, 0.15) is 18.9 Å². The molecule has 0 atom stereocenters. The molecule has 106 valence electrons. The molecule has 0 spiro atoms. The SMILES string of the molecule is CCCN(CCO)CC(=O)Nc1ccc(C)c(N)c1. The third-order valence-electron chi connectivity index (χ3n) is 2.89. The third kappa shape index (κ3) is 5.28. The number of benzene rings is 1. The van der Waals surface area contributed by atoms with Gasteiger partial charge in [-0.3, -0.25) is 9.69 Å². The lowest BCUT2D eigenvalue weighted by Crippen LogP contribution is -2.35. The third-order valence-corrected chi connectivity index (χ3v) is 2.89. The van der Waals surface area contributed by atoms with Gasteiger partial charge < -0.3 is 16.2 Å². The molecule has 0 saturated carbocycles. The summed E-state index contributed by atoms with van der Waals surface area (Å²) in [5.41, 5.74) is 8.16. The number of carbonyl (C=O) groups excluding carboxylic acids is 1. The first-order valence-corrected chi connectivity index (χ1v) is 6.56. The van der Waals surface area contributed by atoms with E-state index in [1.165, 1.54) is 0 Å². The highest BCUT2D eigenvalue weighted by molar-refractivity contribution is 5.92. The fourth-order valence-corrected chi connectivity index (χ4v) is 1.85. The minimum atomic E-state index is -0.0925. The van der Waals surface area contributed by atoms with Crippen molar-refractivity contribution in [3.63, 3.8) is 0 Å². The molecular weight excluding hydrogens is 242 g/mol. The molecule has 5 heteroatoms. The van der Waals surface area contributed by atoms with Crippen LogP contribution in [-0.2, 0) is 4.79 Å². The van der Waals surface area contributed by atoms with Crippen molar-refractivity contribution in [3.05, 3.63) is 23.8 Å². The van der Waals surface area contributed by atoms with Gasteiger partial charge in [0.05, 0.1) is 13.2 Å². The summed E-state index contributed by atoms with van der Waals surface area (Å²) in [5, 5.41) is 11.8. The molecular formula is C14H23N3O2. The zero-order chi connectivity index (χ0) is 14.3. The van der Waals surface area contributed by atoms with Crippen molar-refractivity contribution in [3.8, 4) is 0 Å². The van der Waals surface area contributed by atoms with E-state index in [0.29, 0.717) is 17.9 Å². The quantitative estimate of drug-likeness (QED) is 0.648.